The van der Waals surface area contributed by atoms with Gasteiger partial charge in [0.05, 0.1) is 18.4 Å². The maximum atomic E-state index is 12.9. The Hall–Kier alpha value is -2.59. The zero-order valence-electron chi connectivity index (χ0n) is 12.6. The molecule has 2 aromatic heterocycles. The Kier molecular flexibility index (Phi) is 4.44. The molecule has 0 N–H and O–H groups in total. The normalized spacial score (nSPS) is 10.5. The van der Waals surface area contributed by atoms with Crippen LogP contribution in [0.5, 0.6) is 0 Å². The Balaban J connectivity index is 1.95. The van der Waals surface area contributed by atoms with Crippen LogP contribution in [0, 0.1) is 6.92 Å². The monoisotopic (exact) mass is 326 g/mol. The largest absolute Gasteiger partial charge is 0.467 e. The van der Waals surface area contributed by atoms with Gasteiger partial charge in [-0.05, 0) is 43.3 Å². The smallest absolute Gasteiger partial charge is 0.260 e. The Labute approximate surface area is 139 Å². The Morgan fingerprint density at radius 1 is 1.17 bits per heavy atom. The molecule has 4 nitrogen and oxygen atoms in total. The van der Waals surface area contributed by atoms with Gasteiger partial charge in [0.25, 0.3) is 5.91 Å². The van der Waals surface area contributed by atoms with E-state index < -0.39 is 0 Å². The van der Waals surface area contributed by atoms with E-state index in [0.717, 1.165) is 11.3 Å². The van der Waals surface area contributed by atoms with Gasteiger partial charge in [0.2, 0.25) is 0 Å². The van der Waals surface area contributed by atoms with Crippen molar-refractivity contribution in [2.45, 2.75) is 13.5 Å². The van der Waals surface area contributed by atoms with Gasteiger partial charge in [0.15, 0.2) is 0 Å². The van der Waals surface area contributed by atoms with Gasteiger partial charge >= 0.3 is 0 Å². The fourth-order valence-electron chi connectivity index (χ4n) is 2.22. The minimum absolute atomic E-state index is 0.158. The fourth-order valence-corrected chi connectivity index (χ4v) is 2.33. The minimum atomic E-state index is -0.158. The third kappa shape index (κ3) is 3.60. The second kappa shape index (κ2) is 6.67. The molecule has 2 heterocycles. The maximum absolute atomic E-state index is 12.9. The summed E-state index contributed by atoms with van der Waals surface area (Å²) in [5, 5.41) is 0.356. The highest BCUT2D eigenvalue weighted by molar-refractivity contribution is 6.29. The van der Waals surface area contributed by atoms with Crippen LogP contribution in [0.15, 0.2) is 65.4 Å². The van der Waals surface area contributed by atoms with Crippen molar-refractivity contribution in [3.8, 4) is 0 Å². The number of carbonyl (C=O) groups is 1. The average molecular weight is 327 g/mol. The molecule has 3 rings (SSSR count). The van der Waals surface area contributed by atoms with Crippen molar-refractivity contribution in [2.24, 2.45) is 0 Å². The lowest BCUT2D eigenvalue weighted by Crippen LogP contribution is -2.30. The number of carbonyl (C=O) groups excluding carboxylic acids is 1. The molecule has 0 spiro atoms. The van der Waals surface area contributed by atoms with Gasteiger partial charge < -0.3 is 9.32 Å². The zero-order chi connectivity index (χ0) is 16.2. The summed E-state index contributed by atoms with van der Waals surface area (Å²) in [6.07, 6.45) is 3.07. The number of amides is 1. The van der Waals surface area contributed by atoms with Gasteiger partial charge in [0.1, 0.15) is 10.9 Å². The molecule has 116 valence electrons. The molecule has 0 radical (unpaired) electrons. The molecule has 1 aromatic carbocycles. The predicted molar refractivity (Wildman–Crippen MR) is 89.6 cm³/mol. The first kappa shape index (κ1) is 15.3. The van der Waals surface area contributed by atoms with E-state index >= 15 is 0 Å². The van der Waals surface area contributed by atoms with Crippen LogP contribution in [0.3, 0.4) is 0 Å². The predicted octanol–water partition coefficient (Wildman–Crippen LogP) is 4.48. The number of aryl methyl sites for hydroxylation is 1. The standard InChI is InChI=1S/C18H15ClN2O2/c1-13-4-7-15(8-5-13)21(12-16-3-2-10-23-16)18(22)14-6-9-17(19)20-11-14/h2-11H,12H2,1H3. The number of hydrogen-bond donors (Lipinski definition) is 0. The number of anilines is 1. The molecular weight excluding hydrogens is 312 g/mol. The van der Waals surface area contributed by atoms with Gasteiger partial charge in [0, 0.05) is 11.9 Å². The van der Waals surface area contributed by atoms with Gasteiger partial charge in [-0.2, -0.15) is 0 Å². The van der Waals surface area contributed by atoms with Crippen LogP contribution < -0.4 is 4.90 Å². The SMILES string of the molecule is Cc1ccc(N(Cc2ccco2)C(=O)c2ccc(Cl)nc2)cc1. The highest BCUT2D eigenvalue weighted by Crippen LogP contribution is 2.21. The van der Waals surface area contributed by atoms with E-state index in [4.69, 9.17) is 16.0 Å². The number of benzene rings is 1. The summed E-state index contributed by atoms with van der Waals surface area (Å²) in [6.45, 7) is 2.35. The first-order chi connectivity index (χ1) is 11.1. The van der Waals surface area contributed by atoms with E-state index in [1.54, 1.807) is 29.4 Å². The molecular formula is C18H15ClN2O2. The summed E-state index contributed by atoms with van der Waals surface area (Å²) in [6, 6.07) is 14.7. The molecule has 0 fully saturated rings. The lowest BCUT2D eigenvalue weighted by molar-refractivity contribution is 0.0983. The molecule has 1 amide bonds. The number of rotatable bonds is 4. The highest BCUT2D eigenvalue weighted by atomic mass is 35.5. The first-order valence-corrected chi connectivity index (χ1v) is 7.54. The van der Waals surface area contributed by atoms with Gasteiger partial charge in [-0.25, -0.2) is 4.98 Å². The topological polar surface area (TPSA) is 46.3 Å². The summed E-state index contributed by atoms with van der Waals surface area (Å²) < 4.78 is 5.38. The second-order valence-electron chi connectivity index (χ2n) is 5.18. The van der Waals surface area contributed by atoms with E-state index in [1.807, 2.05) is 37.3 Å². The van der Waals surface area contributed by atoms with Crippen LogP contribution >= 0.6 is 11.6 Å². The summed E-state index contributed by atoms with van der Waals surface area (Å²) in [4.78, 5) is 18.5. The summed E-state index contributed by atoms with van der Waals surface area (Å²) in [5.41, 5.74) is 2.40. The van der Waals surface area contributed by atoms with Crippen molar-refractivity contribution in [1.29, 1.82) is 0 Å². The van der Waals surface area contributed by atoms with Crippen LogP contribution in [0.4, 0.5) is 5.69 Å². The van der Waals surface area contributed by atoms with Crippen LogP contribution in [-0.4, -0.2) is 10.9 Å². The lowest BCUT2D eigenvalue weighted by atomic mass is 10.2. The van der Waals surface area contributed by atoms with Crippen LogP contribution in [0.2, 0.25) is 5.15 Å². The summed E-state index contributed by atoms with van der Waals surface area (Å²) in [7, 11) is 0. The van der Waals surface area contributed by atoms with Gasteiger partial charge in [-0.3, -0.25) is 4.79 Å². The lowest BCUT2D eigenvalue weighted by Gasteiger charge is -2.22. The molecule has 0 atom stereocenters. The van der Waals surface area contributed by atoms with Crippen molar-refractivity contribution >= 4 is 23.2 Å². The third-order valence-electron chi connectivity index (χ3n) is 3.46. The third-order valence-corrected chi connectivity index (χ3v) is 3.68. The van der Waals surface area contributed by atoms with E-state index in [9.17, 15) is 4.79 Å². The van der Waals surface area contributed by atoms with Gasteiger partial charge in [-0.15, -0.1) is 0 Å². The molecule has 0 saturated heterocycles. The number of nitrogens with zero attached hydrogens (tertiary/aromatic N) is 2. The first-order valence-electron chi connectivity index (χ1n) is 7.16. The summed E-state index contributed by atoms with van der Waals surface area (Å²) >= 11 is 5.79. The van der Waals surface area contributed by atoms with Crippen LogP contribution in [0.25, 0.3) is 0 Å². The van der Waals surface area contributed by atoms with E-state index in [1.165, 1.54) is 6.20 Å². The van der Waals surface area contributed by atoms with E-state index in [2.05, 4.69) is 4.98 Å². The Bertz CT molecular complexity index is 781. The molecule has 5 heteroatoms. The number of aromatic nitrogens is 1. The number of hydrogen-bond acceptors (Lipinski definition) is 3. The molecule has 0 aliphatic heterocycles. The van der Waals surface area contributed by atoms with Crippen molar-refractivity contribution in [3.05, 3.63) is 83.0 Å². The molecule has 0 unspecified atom stereocenters. The van der Waals surface area contributed by atoms with Crippen molar-refractivity contribution in [2.75, 3.05) is 4.90 Å². The Morgan fingerprint density at radius 3 is 2.57 bits per heavy atom. The number of pyridine rings is 1. The molecule has 0 aliphatic rings. The summed E-state index contributed by atoms with van der Waals surface area (Å²) in [5.74, 6) is 0.551. The molecule has 3 aromatic rings. The molecule has 0 aliphatic carbocycles. The van der Waals surface area contributed by atoms with Crippen LogP contribution in [-0.2, 0) is 6.54 Å². The zero-order valence-corrected chi connectivity index (χ0v) is 13.3. The Morgan fingerprint density at radius 2 is 1.96 bits per heavy atom. The van der Waals surface area contributed by atoms with Crippen molar-refractivity contribution < 1.29 is 9.21 Å². The van der Waals surface area contributed by atoms with Crippen molar-refractivity contribution in [1.82, 2.24) is 4.98 Å². The highest BCUT2D eigenvalue weighted by Gasteiger charge is 2.19. The minimum Gasteiger partial charge on any atom is -0.467 e. The van der Waals surface area contributed by atoms with Crippen molar-refractivity contribution in [3.63, 3.8) is 0 Å². The molecule has 0 bridgehead atoms. The molecule has 23 heavy (non-hydrogen) atoms. The molecule has 0 saturated carbocycles. The number of furan rings is 1. The average Bonchev–Trinajstić information content (AvgIpc) is 3.07. The van der Waals surface area contributed by atoms with Crippen LogP contribution in [0.1, 0.15) is 21.7 Å². The quantitative estimate of drug-likeness (QED) is 0.664. The van der Waals surface area contributed by atoms with Gasteiger partial charge in [-0.1, -0.05) is 29.3 Å². The van der Waals surface area contributed by atoms with E-state index in [-0.39, 0.29) is 5.91 Å². The van der Waals surface area contributed by atoms with E-state index in [0.29, 0.717) is 23.0 Å². The second-order valence-corrected chi connectivity index (χ2v) is 5.56. The maximum Gasteiger partial charge on any atom is 0.260 e. The fraction of sp³-hybridized carbons (Fsp3) is 0.111. The number of halogens is 1.